The molecule has 16 heavy (non-hydrogen) atoms. The third-order valence-corrected chi connectivity index (χ3v) is 3.18. The van der Waals surface area contributed by atoms with Crippen LogP contribution in [0.1, 0.15) is 25.8 Å². The molecule has 1 aromatic rings. The van der Waals surface area contributed by atoms with Gasteiger partial charge in [-0.05, 0) is 53.4 Å². The van der Waals surface area contributed by atoms with Gasteiger partial charge < -0.3 is 10.6 Å². The van der Waals surface area contributed by atoms with Crippen LogP contribution in [0.4, 0.5) is 5.69 Å². The summed E-state index contributed by atoms with van der Waals surface area (Å²) < 4.78 is 1.15. The minimum atomic E-state index is 0.214. The molecule has 0 saturated heterocycles. The van der Waals surface area contributed by atoms with E-state index in [0.717, 1.165) is 23.9 Å². The molecule has 0 fully saturated rings. The molecule has 90 valence electrons. The summed E-state index contributed by atoms with van der Waals surface area (Å²) in [6.45, 7) is 5.30. The summed E-state index contributed by atoms with van der Waals surface area (Å²) >= 11 is 3.63. The van der Waals surface area contributed by atoms with Crippen LogP contribution in [-0.2, 0) is 6.42 Å². The van der Waals surface area contributed by atoms with Gasteiger partial charge in [0.15, 0.2) is 0 Å². The minimum absolute atomic E-state index is 0.214. The second-order valence-electron chi connectivity index (χ2n) is 4.39. The molecule has 1 atom stereocenters. The Bertz CT molecular complexity index is 337. The summed E-state index contributed by atoms with van der Waals surface area (Å²) in [6, 6.07) is 6.71. The van der Waals surface area contributed by atoms with Gasteiger partial charge in [-0.25, -0.2) is 0 Å². The molecule has 1 aromatic carbocycles. The van der Waals surface area contributed by atoms with Crippen molar-refractivity contribution >= 4 is 21.6 Å². The first-order chi connectivity index (χ1) is 7.54. The number of benzene rings is 1. The van der Waals surface area contributed by atoms with E-state index in [1.165, 1.54) is 11.3 Å². The Morgan fingerprint density at radius 2 is 2.12 bits per heavy atom. The van der Waals surface area contributed by atoms with Gasteiger partial charge in [0.2, 0.25) is 0 Å². The van der Waals surface area contributed by atoms with Crippen LogP contribution in [0.5, 0.6) is 0 Å². The van der Waals surface area contributed by atoms with Crippen molar-refractivity contribution in [2.24, 2.45) is 5.73 Å². The number of halogens is 1. The Balaban J connectivity index is 2.82. The molecule has 1 unspecified atom stereocenters. The molecule has 0 bridgehead atoms. The molecule has 0 aromatic heterocycles. The van der Waals surface area contributed by atoms with Gasteiger partial charge in [-0.3, -0.25) is 0 Å². The van der Waals surface area contributed by atoms with Crippen molar-refractivity contribution in [1.82, 2.24) is 0 Å². The molecule has 0 amide bonds. The molecule has 3 heteroatoms. The number of nitrogens with zero attached hydrogens (tertiary/aromatic N) is 1. The molecule has 1 rings (SSSR count). The summed E-state index contributed by atoms with van der Waals surface area (Å²) in [7, 11) is 2.12. The van der Waals surface area contributed by atoms with E-state index in [0.29, 0.717) is 0 Å². The normalized spacial score (nSPS) is 12.6. The van der Waals surface area contributed by atoms with Crippen LogP contribution in [0.25, 0.3) is 0 Å². The van der Waals surface area contributed by atoms with Gasteiger partial charge in [0.1, 0.15) is 0 Å². The van der Waals surface area contributed by atoms with E-state index >= 15 is 0 Å². The highest BCUT2D eigenvalue weighted by atomic mass is 79.9. The second kappa shape index (κ2) is 6.26. The van der Waals surface area contributed by atoms with Crippen molar-refractivity contribution in [3.63, 3.8) is 0 Å². The third kappa shape index (κ3) is 3.80. The van der Waals surface area contributed by atoms with Gasteiger partial charge in [-0.1, -0.05) is 13.0 Å². The van der Waals surface area contributed by atoms with Crippen molar-refractivity contribution in [2.45, 2.75) is 32.7 Å². The average Bonchev–Trinajstić information content (AvgIpc) is 2.16. The molecular formula is C13H21BrN2. The maximum atomic E-state index is 5.79. The summed E-state index contributed by atoms with van der Waals surface area (Å²) in [6.07, 6.45) is 2.08. The topological polar surface area (TPSA) is 29.3 Å². The van der Waals surface area contributed by atoms with Crippen LogP contribution in [-0.4, -0.2) is 19.6 Å². The van der Waals surface area contributed by atoms with Crippen molar-refractivity contribution in [3.05, 3.63) is 28.2 Å². The maximum Gasteiger partial charge on any atom is 0.0508 e. The van der Waals surface area contributed by atoms with Gasteiger partial charge >= 0.3 is 0 Å². The number of anilines is 1. The van der Waals surface area contributed by atoms with Crippen molar-refractivity contribution in [1.29, 1.82) is 0 Å². The molecule has 0 heterocycles. The molecule has 0 aliphatic rings. The first-order valence-corrected chi connectivity index (χ1v) is 6.59. The molecule has 0 aliphatic heterocycles. The van der Waals surface area contributed by atoms with Gasteiger partial charge in [-0.15, -0.1) is 0 Å². The van der Waals surface area contributed by atoms with Crippen molar-refractivity contribution in [2.75, 3.05) is 18.5 Å². The van der Waals surface area contributed by atoms with E-state index in [2.05, 4.69) is 53.0 Å². The molecule has 0 spiro atoms. The van der Waals surface area contributed by atoms with E-state index in [1.807, 2.05) is 6.92 Å². The van der Waals surface area contributed by atoms with E-state index in [1.54, 1.807) is 0 Å². The Labute approximate surface area is 107 Å². The Morgan fingerprint density at radius 3 is 2.62 bits per heavy atom. The summed E-state index contributed by atoms with van der Waals surface area (Å²) in [5.41, 5.74) is 8.33. The van der Waals surface area contributed by atoms with Crippen LogP contribution >= 0.6 is 15.9 Å². The highest BCUT2D eigenvalue weighted by Crippen LogP contribution is 2.27. The van der Waals surface area contributed by atoms with Crippen LogP contribution in [0, 0.1) is 0 Å². The molecule has 0 aliphatic carbocycles. The predicted molar refractivity (Wildman–Crippen MR) is 75.1 cm³/mol. The zero-order valence-electron chi connectivity index (χ0n) is 10.3. The Hall–Kier alpha value is -0.540. The van der Waals surface area contributed by atoms with Crippen LogP contribution in [0.2, 0.25) is 0 Å². The van der Waals surface area contributed by atoms with Crippen LogP contribution < -0.4 is 10.6 Å². The Kier molecular flexibility index (Phi) is 5.29. The van der Waals surface area contributed by atoms with Crippen molar-refractivity contribution in [3.8, 4) is 0 Å². The van der Waals surface area contributed by atoms with Gasteiger partial charge in [0.25, 0.3) is 0 Å². The number of nitrogens with two attached hydrogens (primary N) is 1. The van der Waals surface area contributed by atoms with Gasteiger partial charge in [-0.2, -0.15) is 0 Å². The van der Waals surface area contributed by atoms with Gasteiger partial charge in [0.05, 0.1) is 5.69 Å². The van der Waals surface area contributed by atoms with Gasteiger partial charge in [0, 0.05) is 24.1 Å². The average molecular weight is 285 g/mol. The van der Waals surface area contributed by atoms with Crippen LogP contribution in [0.15, 0.2) is 22.7 Å². The second-order valence-corrected chi connectivity index (χ2v) is 5.24. The highest BCUT2D eigenvalue weighted by molar-refractivity contribution is 9.10. The lowest BCUT2D eigenvalue weighted by atomic mass is 10.1. The lowest BCUT2D eigenvalue weighted by molar-refractivity contribution is 0.737. The third-order valence-electron chi connectivity index (χ3n) is 2.54. The fraction of sp³-hybridized carbons (Fsp3) is 0.538. The fourth-order valence-electron chi connectivity index (χ4n) is 1.81. The van der Waals surface area contributed by atoms with E-state index in [-0.39, 0.29) is 6.04 Å². The number of hydrogen-bond donors (Lipinski definition) is 1. The lowest BCUT2D eigenvalue weighted by Gasteiger charge is -2.20. The quantitative estimate of drug-likeness (QED) is 0.900. The monoisotopic (exact) mass is 284 g/mol. The van der Waals surface area contributed by atoms with Crippen molar-refractivity contribution < 1.29 is 0 Å². The number of hydrogen-bond acceptors (Lipinski definition) is 2. The zero-order valence-corrected chi connectivity index (χ0v) is 11.9. The summed E-state index contributed by atoms with van der Waals surface area (Å²) in [5.74, 6) is 0. The van der Waals surface area contributed by atoms with Crippen LogP contribution in [0.3, 0.4) is 0 Å². The molecule has 2 nitrogen and oxygen atoms in total. The standard InChI is InChI=1S/C13H21BrN2/c1-4-7-16(3)13-6-5-11(8-10(2)15)9-12(13)14/h5-6,9-10H,4,7-8,15H2,1-3H3. The zero-order chi connectivity index (χ0) is 12.1. The van der Waals surface area contributed by atoms with E-state index in [4.69, 9.17) is 5.73 Å². The first-order valence-electron chi connectivity index (χ1n) is 5.79. The van der Waals surface area contributed by atoms with E-state index in [9.17, 15) is 0 Å². The summed E-state index contributed by atoms with van der Waals surface area (Å²) in [5, 5.41) is 0. The molecule has 0 saturated carbocycles. The largest absolute Gasteiger partial charge is 0.374 e. The molecule has 2 N–H and O–H groups in total. The number of rotatable bonds is 5. The minimum Gasteiger partial charge on any atom is -0.374 e. The van der Waals surface area contributed by atoms with E-state index < -0.39 is 0 Å². The highest BCUT2D eigenvalue weighted by Gasteiger charge is 2.06. The molecule has 0 radical (unpaired) electrons. The SMILES string of the molecule is CCCN(C)c1ccc(CC(C)N)cc1Br. The smallest absolute Gasteiger partial charge is 0.0508 e. The molecular weight excluding hydrogens is 264 g/mol. The maximum absolute atomic E-state index is 5.79. The lowest BCUT2D eigenvalue weighted by Crippen LogP contribution is -2.19. The first kappa shape index (κ1) is 13.5. The Morgan fingerprint density at radius 1 is 1.44 bits per heavy atom. The summed E-state index contributed by atoms with van der Waals surface area (Å²) in [4.78, 5) is 2.26. The fourth-order valence-corrected chi connectivity index (χ4v) is 2.54. The predicted octanol–water partition coefficient (Wildman–Crippen LogP) is 3.19.